The van der Waals surface area contributed by atoms with Crippen molar-refractivity contribution in [2.24, 2.45) is 0 Å². The Bertz CT molecular complexity index is 584. The van der Waals surface area contributed by atoms with Crippen LogP contribution >= 0.6 is 0 Å². The van der Waals surface area contributed by atoms with Gasteiger partial charge in [0, 0.05) is 0 Å². The third-order valence-corrected chi connectivity index (χ3v) is 2.91. The van der Waals surface area contributed by atoms with Crippen molar-refractivity contribution in [3.05, 3.63) is 42.5 Å². The van der Waals surface area contributed by atoms with E-state index >= 15 is 0 Å². The molecule has 17 heavy (non-hydrogen) atoms. The normalized spacial score (nSPS) is 9.71. The first-order valence-electron chi connectivity index (χ1n) is 4.03. The molecule has 0 aliphatic rings. The molecule has 2 aromatic carbocycles. The summed E-state index contributed by atoms with van der Waals surface area (Å²) in [5.41, 5.74) is 0. The van der Waals surface area contributed by atoms with Gasteiger partial charge in [0.1, 0.15) is 10.1 Å². The number of hydrogen-bond acceptors (Lipinski definition) is 3. The summed E-state index contributed by atoms with van der Waals surface area (Å²) in [5, 5.41) is 1.23. The number of hydrogen-bond donors (Lipinski definition) is 0. The minimum absolute atomic E-state index is 0. The summed E-state index contributed by atoms with van der Waals surface area (Å²) in [5.74, 6) is 0. The van der Waals surface area contributed by atoms with Crippen LogP contribution in [-0.2, 0) is 10.1 Å². The summed E-state index contributed by atoms with van der Waals surface area (Å²) in [6, 6.07) is 11.5. The fourth-order valence-corrected chi connectivity index (χ4v) is 2.11. The van der Waals surface area contributed by atoms with Crippen LogP contribution < -0.4 is 93.3 Å². The maximum Gasteiger partial charge on any atom is 1.00 e. The molecule has 0 heterocycles. The van der Waals surface area contributed by atoms with Crippen molar-refractivity contribution in [3.8, 4) is 0 Å². The van der Waals surface area contributed by atoms with Crippen molar-refractivity contribution < 1.29 is 106 Å². The predicted octanol–water partition coefficient (Wildman–Crippen LogP) is -7.24. The van der Waals surface area contributed by atoms with Gasteiger partial charge in [-0.2, -0.15) is 0 Å². The largest absolute Gasteiger partial charge is 1.00 e. The number of halogens is 1. The Morgan fingerprint density at radius 1 is 0.941 bits per heavy atom. The molecule has 2 rings (SSSR count). The van der Waals surface area contributed by atoms with Gasteiger partial charge in [-0.3, -0.25) is 0 Å². The first-order valence-corrected chi connectivity index (χ1v) is 5.43. The monoisotopic (exact) mass is 304 g/mol. The maximum absolute atomic E-state index is 10.9. The van der Waals surface area contributed by atoms with Crippen molar-refractivity contribution in [1.82, 2.24) is 0 Å². The zero-order valence-electron chi connectivity index (χ0n) is 9.55. The molecule has 0 N–H and O–H groups in total. The van der Waals surface area contributed by atoms with Crippen molar-refractivity contribution in [1.29, 1.82) is 0 Å². The van der Waals surface area contributed by atoms with Gasteiger partial charge < -0.3 is 17.0 Å². The Balaban J connectivity index is 0. The van der Waals surface area contributed by atoms with Crippen LogP contribution in [0.1, 0.15) is 0 Å². The van der Waals surface area contributed by atoms with E-state index in [2.05, 4.69) is 0 Å². The van der Waals surface area contributed by atoms with E-state index in [0.29, 0.717) is 5.39 Å². The molecule has 0 aliphatic carbocycles. The van der Waals surface area contributed by atoms with E-state index < -0.39 is 10.1 Å². The van der Waals surface area contributed by atoms with Gasteiger partial charge in [-0.15, -0.1) is 0 Å². The van der Waals surface area contributed by atoms with E-state index in [-0.39, 0.29) is 98.2 Å². The first kappa shape index (κ1) is 20.8. The zero-order valence-corrected chi connectivity index (χ0v) is 16.2. The molecule has 0 aromatic heterocycles. The molecule has 0 saturated heterocycles. The Labute approximate surface area is 171 Å². The van der Waals surface area contributed by atoms with Gasteiger partial charge in [-0.05, 0) is 16.8 Å². The van der Waals surface area contributed by atoms with Crippen LogP contribution in [0, 0.1) is 0 Å². The Kier molecular flexibility index (Phi) is 10.6. The molecule has 0 aliphatic heterocycles. The summed E-state index contributed by atoms with van der Waals surface area (Å²) in [4.78, 5) is -0.157. The zero-order chi connectivity index (χ0) is 10.2. The smallest absolute Gasteiger partial charge is 1.00 e. The minimum atomic E-state index is -4.38. The molecule has 0 atom stereocenters. The summed E-state index contributed by atoms with van der Waals surface area (Å²) in [7, 11) is -4.38. The van der Waals surface area contributed by atoms with E-state index in [4.69, 9.17) is 0 Å². The molecule has 2 aromatic rings. The van der Waals surface area contributed by atoms with Crippen molar-refractivity contribution >= 4 is 20.9 Å². The first-order chi connectivity index (χ1) is 6.59. The van der Waals surface area contributed by atoms with E-state index in [0.717, 1.165) is 5.39 Å². The van der Waals surface area contributed by atoms with Crippen LogP contribution in [0.3, 0.4) is 0 Å². The molecule has 0 radical (unpaired) electrons. The van der Waals surface area contributed by atoms with E-state index in [9.17, 15) is 13.0 Å². The van der Waals surface area contributed by atoms with E-state index in [1.807, 2.05) is 0 Å². The van der Waals surface area contributed by atoms with Gasteiger partial charge >= 0.3 is 80.9 Å². The average molecular weight is 305 g/mol. The predicted molar refractivity (Wildman–Crippen MR) is 51.9 cm³/mol. The quantitative estimate of drug-likeness (QED) is 0.389. The number of rotatable bonds is 1. The van der Waals surface area contributed by atoms with Crippen LogP contribution in [0.15, 0.2) is 47.4 Å². The van der Waals surface area contributed by atoms with Crippen LogP contribution in [0.5, 0.6) is 0 Å². The SMILES string of the molecule is O=S(=O)([O-])c1cccc2ccccc12.[Cl-].[K+].[Na+]. The molecule has 0 fully saturated rings. The molecule has 0 unspecified atom stereocenters. The number of fused-ring (bicyclic) bond motifs is 1. The van der Waals surface area contributed by atoms with Gasteiger partial charge in [0.25, 0.3) is 0 Å². The van der Waals surface area contributed by atoms with E-state index in [1.54, 1.807) is 36.4 Å². The Morgan fingerprint density at radius 3 is 2.06 bits per heavy atom. The number of benzene rings is 2. The fourth-order valence-electron chi connectivity index (χ4n) is 1.41. The molecular weight excluding hydrogens is 298 g/mol. The average Bonchev–Trinajstić information content (AvgIpc) is 2.15. The topological polar surface area (TPSA) is 57.2 Å². The van der Waals surface area contributed by atoms with Crippen LogP contribution in [0.4, 0.5) is 0 Å². The van der Waals surface area contributed by atoms with Crippen molar-refractivity contribution in [2.75, 3.05) is 0 Å². The molecule has 3 nitrogen and oxygen atoms in total. The molecule has 0 saturated carbocycles. The Hall–Kier alpha value is 1.54. The summed E-state index contributed by atoms with van der Waals surface area (Å²) in [6.07, 6.45) is 0. The minimum Gasteiger partial charge on any atom is -1.00 e. The fraction of sp³-hybridized carbons (Fsp3) is 0. The molecule has 0 bridgehead atoms. The van der Waals surface area contributed by atoms with Crippen LogP contribution in [0.2, 0.25) is 0 Å². The Morgan fingerprint density at radius 2 is 1.47 bits per heavy atom. The molecule has 0 spiro atoms. The van der Waals surface area contributed by atoms with Gasteiger partial charge in [0.15, 0.2) is 0 Å². The second-order valence-corrected chi connectivity index (χ2v) is 4.28. The van der Waals surface area contributed by atoms with Gasteiger partial charge in [0.2, 0.25) is 0 Å². The van der Waals surface area contributed by atoms with Gasteiger partial charge in [-0.25, -0.2) is 8.42 Å². The van der Waals surface area contributed by atoms with Gasteiger partial charge in [0.05, 0.1) is 4.90 Å². The summed E-state index contributed by atoms with van der Waals surface area (Å²) >= 11 is 0. The second kappa shape index (κ2) is 8.66. The summed E-state index contributed by atoms with van der Waals surface area (Å²) in [6.45, 7) is 0. The van der Waals surface area contributed by atoms with E-state index in [1.165, 1.54) is 6.07 Å². The third kappa shape index (κ3) is 5.20. The molecule has 0 amide bonds. The standard InChI is InChI=1S/C10H8O3S.ClH.K.Na/c11-14(12,13)10-7-3-5-8-4-1-2-6-9(8)10;;;/h1-7H,(H,11,12,13);1H;;/q;;2*+1/p-2. The van der Waals surface area contributed by atoms with Gasteiger partial charge in [-0.1, -0.05) is 36.4 Å². The van der Waals surface area contributed by atoms with Crippen LogP contribution in [-0.4, -0.2) is 13.0 Å². The summed E-state index contributed by atoms with van der Waals surface area (Å²) < 4.78 is 32.7. The second-order valence-electron chi connectivity index (χ2n) is 2.93. The van der Waals surface area contributed by atoms with Crippen molar-refractivity contribution in [3.63, 3.8) is 0 Å². The molecule has 7 heteroatoms. The van der Waals surface area contributed by atoms with Crippen LogP contribution in [0.25, 0.3) is 10.8 Å². The third-order valence-electron chi connectivity index (χ3n) is 2.02. The molecular formula is C10H7ClKNaO3S. The van der Waals surface area contributed by atoms with Crippen molar-refractivity contribution in [2.45, 2.75) is 4.90 Å². The molecule has 80 valence electrons. The maximum atomic E-state index is 10.9.